The van der Waals surface area contributed by atoms with Crippen molar-refractivity contribution in [3.05, 3.63) is 436 Å². The largest absolute Gasteiger partial charge is 0.261 e. The summed E-state index contributed by atoms with van der Waals surface area (Å²) in [6.07, 6.45) is 1.83. The molecule has 0 bridgehead atoms. The van der Waals surface area contributed by atoms with Gasteiger partial charge in [0.1, 0.15) is 0 Å². The average Bonchev–Trinajstić information content (AvgIpc) is 0.815. The first-order valence-corrected chi connectivity index (χ1v) is 40.2. The first kappa shape index (κ1) is 76.1. The zero-order valence-corrected chi connectivity index (χ0v) is 66.7. The van der Waals surface area contributed by atoms with Crippen molar-refractivity contribution in [2.75, 3.05) is 0 Å². The van der Waals surface area contributed by atoms with E-state index in [0.29, 0.717) is 52.4 Å². The second kappa shape index (κ2) is 35.5. The van der Waals surface area contributed by atoms with Crippen LogP contribution in [0, 0.1) is 20.8 Å². The monoisotopic (exact) mass is 1550 g/mol. The van der Waals surface area contributed by atoms with E-state index in [2.05, 4.69) is 265 Å². The maximum absolute atomic E-state index is 4.95. The molecule has 6 aromatic heterocycles. The van der Waals surface area contributed by atoms with E-state index >= 15 is 0 Å². The molecule has 12 nitrogen and oxygen atoms in total. The average molecular weight is 1560 g/mol. The molecule has 20 aromatic rings. The van der Waals surface area contributed by atoms with Crippen LogP contribution in [0.15, 0.2) is 419 Å². The standard InChI is InChI=1S/C39H28N4.C37H26N4.C33H24N4/c1-27-9-8-14-36(40-27)32-19-25-35(26-20-32)39-42-37(33-21-15-30(16-22-33)28-10-4-2-5-11-28)41-38(43-39)34-23-17-31(18-24-34)29-12-6-3-7-13-29;1-25-23-31-15-8-9-18-33(31)34(38-25)27-21-19-26(20-22-27)30-16-10-17-32(24-30)37-40-35(28-11-4-2-5-12-28)39-36(41-37)29-13-6-3-7-14-29;1-23-30(16-9-21-34-23)29-15-8-14-28(22-29)24-17-19-27(20-18-24)33-36-31(25-10-4-2-5-11-25)35-32(37-33)26-12-6-3-7-13-26/h2-26H,1H3;2-24H,1H3;2-22H,1H3. The molecule has 12 heteroatoms. The number of benzene rings is 14. The Hall–Kier alpha value is -16.2. The molecule has 0 fully saturated rings. The lowest BCUT2D eigenvalue weighted by atomic mass is 9.98. The van der Waals surface area contributed by atoms with Crippen LogP contribution < -0.4 is 0 Å². The minimum absolute atomic E-state index is 0.628. The van der Waals surface area contributed by atoms with Gasteiger partial charge in [0.15, 0.2) is 52.4 Å². The quantitative estimate of drug-likeness (QED) is 0.0904. The van der Waals surface area contributed by atoms with Gasteiger partial charge in [-0.05, 0) is 113 Å². The van der Waals surface area contributed by atoms with Gasteiger partial charge in [0.25, 0.3) is 0 Å². The third kappa shape index (κ3) is 17.8. The molecule has 0 aliphatic carbocycles. The van der Waals surface area contributed by atoms with Gasteiger partial charge in [-0.2, -0.15) is 0 Å². The van der Waals surface area contributed by atoms with Crippen LogP contribution in [0.3, 0.4) is 0 Å². The smallest absolute Gasteiger partial charge is 0.164 e. The van der Waals surface area contributed by atoms with Gasteiger partial charge in [0, 0.05) is 95.4 Å². The summed E-state index contributed by atoms with van der Waals surface area (Å²) in [5.41, 5.74) is 27.1. The van der Waals surface area contributed by atoms with Crippen LogP contribution in [-0.4, -0.2) is 59.8 Å². The van der Waals surface area contributed by atoms with E-state index in [0.717, 1.165) is 140 Å². The predicted molar refractivity (Wildman–Crippen MR) is 492 cm³/mol. The highest BCUT2D eigenvalue weighted by atomic mass is 15.1. The van der Waals surface area contributed by atoms with Crippen molar-refractivity contribution in [3.63, 3.8) is 0 Å². The summed E-state index contributed by atoms with van der Waals surface area (Å²) in [6, 6.07) is 141. The van der Waals surface area contributed by atoms with Gasteiger partial charge in [0.05, 0.1) is 11.4 Å². The molecule has 0 saturated carbocycles. The second-order valence-corrected chi connectivity index (χ2v) is 29.3. The Morgan fingerprint density at radius 1 is 0.165 bits per heavy atom. The summed E-state index contributed by atoms with van der Waals surface area (Å²) < 4.78 is 0. The highest BCUT2D eigenvalue weighted by Gasteiger charge is 2.19. The topological polar surface area (TPSA) is 155 Å². The van der Waals surface area contributed by atoms with Crippen molar-refractivity contribution >= 4 is 10.8 Å². The molecular formula is C109H78N12. The summed E-state index contributed by atoms with van der Waals surface area (Å²) in [5.74, 6) is 5.83. The SMILES string of the molecule is Cc1cc2ccccc2c(-c2ccc(-c3cccc(-c4nc(-c5ccccc5)nc(-c5ccccc5)n4)c3)cc2)n1.Cc1cccc(-c2ccc(-c3nc(-c4ccc(-c5ccccc5)cc4)nc(-c4ccc(-c5ccccc5)cc4)n3)cc2)n1.Cc1ncccc1-c1cccc(-c2ccc(-c3nc(-c4ccccc4)nc(-c4ccccc4)n3)cc2)c1. The molecule has 574 valence electrons. The number of hydrogen-bond acceptors (Lipinski definition) is 12. The molecule has 0 saturated heterocycles. The molecule has 0 aliphatic heterocycles. The highest BCUT2D eigenvalue weighted by molar-refractivity contribution is 5.95. The van der Waals surface area contributed by atoms with Crippen molar-refractivity contribution in [1.29, 1.82) is 0 Å². The van der Waals surface area contributed by atoms with E-state index in [4.69, 9.17) is 49.8 Å². The lowest BCUT2D eigenvalue weighted by Gasteiger charge is -2.11. The normalized spacial score (nSPS) is 10.9. The maximum Gasteiger partial charge on any atom is 0.164 e. The Balaban J connectivity index is 0.000000125. The summed E-state index contributed by atoms with van der Waals surface area (Å²) in [6.45, 7) is 6.09. The molecule has 0 unspecified atom stereocenters. The third-order valence-corrected chi connectivity index (χ3v) is 21.0. The lowest BCUT2D eigenvalue weighted by Crippen LogP contribution is -2.00. The van der Waals surface area contributed by atoms with Crippen LogP contribution >= 0.6 is 0 Å². The maximum atomic E-state index is 4.95. The lowest BCUT2D eigenvalue weighted by molar-refractivity contribution is 1.07. The van der Waals surface area contributed by atoms with E-state index in [9.17, 15) is 0 Å². The molecule has 121 heavy (non-hydrogen) atoms. The molecular weight excluding hydrogens is 1480 g/mol. The molecule has 20 rings (SSSR count). The van der Waals surface area contributed by atoms with Crippen LogP contribution in [0.2, 0.25) is 0 Å². The minimum Gasteiger partial charge on any atom is -0.261 e. The first-order valence-electron chi connectivity index (χ1n) is 40.2. The van der Waals surface area contributed by atoms with Gasteiger partial charge in [-0.1, -0.05) is 376 Å². The molecule has 0 radical (unpaired) electrons. The van der Waals surface area contributed by atoms with Crippen molar-refractivity contribution < 1.29 is 0 Å². The van der Waals surface area contributed by atoms with E-state index in [-0.39, 0.29) is 0 Å². The number of fused-ring (bicyclic) bond motifs is 1. The molecule has 0 atom stereocenters. The van der Waals surface area contributed by atoms with E-state index in [1.807, 2.05) is 185 Å². The van der Waals surface area contributed by atoms with E-state index < -0.39 is 0 Å². The Kier molecular flexibility index (Phi) is 22.3. The number of pyridine rings is 3. The van der Waals surface area contributed by atoms with Gasteiger partial charge >= 0.3 is 0 Å². The van der Waals surface area contributed by atoms with Crippen molar-refractivity contribution in [2.24, 2.45) is 0 Å². The number of hydrogen-bond donors (Lipinski definition) is 0. The number of aromatic nitrogens is 12. The Morgan fingerprint density at radius 3 is 0.835 bits per heavy atom. The van der Waals surface area contributed by atoms with Gasteiger partial charge in [-0.3, -0.25) is 15.0 Å². The molecule has 0 N–H and O–H groups in total. The van der Waals surface area contributed by atoms with Crippen LogP contribution in [0.4, 0.5) is 0 Å². The highest BCUT2D eigenvalue weighted by Crippen LogP contribution is 2.37. The van der Waals surface area contributed by atoms with Gasteiger partial charge in [-0.25, -0.2) is 44.9 Å². The number of rotatable bonds is 16. The summed E-state index contributed by atoms with van der Waals surface area (Å²) in [5, 5.41) is 2.36. The van der Waals surface area contributed by atoms with Gasteiger partial charge in [0.2, 0.25) is 0 Å². The fourth-order valence-electron chi connectivity index (χ4n) is 14.7. The minimum atomic E-state index is 0.628. The molecule has 14 aromatic carbocycles. The number of aryl methyl sites for hydroxylation is 3. The predicted octanol–water partition coefficient (Wildman–Crippen LogP) is 26.6. The Labute approximate surface area is 703 Å². The van der Waals surface area contributed by atoms with Crippen molar-refractivity contribution in [2.45, 2.75) is 20.8 Å². The summed E-state index contributed by atoms with van der Waals surface area (Å²) >= 11 is 0. The fraction of sp³-hybridized carbons (Fsp3) is 0.0275. The molecule has 0 aliphatic rings. The van der Waals surface area contributed by atoms with Crippen LogP contribution in [-0.2, 0) is 0 Å². The van der Waals surface area contributed by atoms with Crippen molar-refractivity contribution in [1.82, 2.24) is 59.8 Å². The third-order valence-electron chi connectivity index (χ3n) is 21.0. The zero-order chi connectivity index (χ0) is 81.6. The molecule has 6 heterocycles. The summed E-state index contributed by atoms with van der Waals surface area (Å²) in [4.78, 5) is 57.9. The van der Waals surface area contributed by atoms with Crippen LogP contribution in [0.1, 0.15) is 17.1 Å². The number of nitrogens with zero attached hydrogens (tertiary/aromatic N) is 12. The van der Waals surface area contributed by atoms with Crippen molar-refractivity contribution in [3.8, 4) is 181 Å². The van der Waals surface area contributed by atoms with E-state index in [1.165, 1.54) is 16.5 Å². The summed E-state index contributed by atoms with van der Waals surface area (Å²) in [7, 11) is 0. The van der Waals surface area contributed by atoms with Gasteiger partial charge < -0.3 is 0 Å². The molecule has 0 amide bonds. The Morgan fingerprint density at radius 2 is 0.446 bits per heavy atom. The fourth-order valence-corrected chi connectivity index (χ4v) is 14.7. The van der Waals surface area contributed by atoms with Gasteiger partial charge in [-0.15, -0.1) is 0 Å². The first-order chi connectivity index (χ1) is 59.6. The second-order valence-electron chi connectivity index (χ2n) is 29.3. The van der Waals surface area contributed by atoms with E-state index in [1.54, 1.807) is 0 Å². The molecule has 0 spiro atoms. The van der Waals surface area contributed by atoms with Crippen LogP contribution in [0.5, 0.6) is 0 Å². The van der Waals surface area contributed by atoms with Crippen LogP contribution in [0.25, 0.3) is 191 Å². The zero-order valence-electron chi connectivity index (χ0n) is 66.7. The Bertz CT molecular complexity index is 6750.